The first-order valence-electron chi connectivity index (χ1n) is 7.95. The monoisotopic (exact) mass is 347 g/mol. The van der Waals surface area contributed by atoms with Gasteiger partial charge in [0.1, 0.15) is 23.2 Å². The minimum absolute atomic E-state index is 0.642. The average Bonchev–Trinajstić information content (AvgIpc) is 2.55. The summed E-state index contributed by atoms with van der Waals surface area (Å²) in [6, 6.07) is 7.43. The molecule has 2 heterocycles. The van der Waals surface area contributed by atoms with Crippen LogP contribution in [0.25, 0.3) is 0 Å². The van der Waals surface area contributed by atoms with Crippen LogP contribution >= 0.6 is 11.6 Å². The number of nitrogens with one attached hydrogen (secondary N) is 1. The van der Waals surface area contributed by atoms with E-state index in [1.54, 1.807) is 13.2 Å². The van der Waals surface area contributed by atoms with Crippen molar-refractivity contribution in [3.8, 4) is 5.75 Å². The first kappa shape index (κ1) is 16.8. The molecule has 7 heteroatoms. The van der Waals surface area contributed by atoms with Crippen molar-refractivity contribution < 1.29 is 4.74 Å². The summed E-state index contributed by atoms with van der Waals surface area (Å²) in [4.78, 5) is 13.7. The van der Waals surface area contributed by atoms with Crippen molar-refractivity contribution in [2.45, 2.75) is 6.92 Å². The lowest BCUT2D eigenvalue weighted by Crippen LogP contribution is -2.44. The molecule has 0 radical (unpaired) electrons. The van der Waals surface area contributed by atoms with Crippen molar-refractivity contribution in [2.75, 3.05) is 50.6 Å². The van der Waals surface area contributed by atoms with Gasteiger partial charge in [0.05, 0.1) is 12.8 Å². The Labute approximate surface area is 147 Å². The van der Waals surface area contributed by atoms with Gasteiger partial charge in [-0.25, -0.2) is 9.97 Å². The molecule has 1 saturated heterocycles. The van der Waals surface area contributed by atoms with Gasteiger partial charge in [-0.2, -0.15) is 0 Å². The Morgan fingerprint density at radius 2 is 1.88 bits per heavy atom. The molecule has 0 saturated carbocycles. The van der Waals surface area contributed by atoms with Crippen molar-refractivity contribution >= 4 is 28.9 Å². The highest BCUT2D eigenvalue weighted by Crippen LogP contribution is 2.30. The van der Waals surface area contributed by atoms with Crippen LogP contribution in [0.3, 0.4) is 0 Å². The third-order valence-electron chi connectivity index (χ3n) is 4.08. The quantitative estimate of drug-likeness (QED) is 0.917. The maximum Gasteiger partial charge on any atom is 0.142 e. The summed E-state index contributed by atoms with van der Waals surface area (Å²) in [6.07, 6.45) is 0. The van der Waals surface area contributed by atoms with Crippen molar-refractivity contribution in [3.05, 3.63) is 35.1 Å². The molecule has 3 rings (SSSR count). The third-order valence-corrected chi connectivity index (χ3v) is 4.31. The van der Waals surface area contributed by atoms with Gasteiger partial charge in [-0.1, -0.05) is 11.6 Å². The zero-order valence-corrected chi connectivity index (χ0v) is 15.0. The Morgan fingerprint density at radius 3 is 2.58 bits per heavy atom. The van der Waals surface area contributed by atoms with Crippen LogP contribution in [0.1, 0.15) is 5.82 Å². The zero-order valence-electron chi connectivity index (χ0n) is 14.2. The molecule has 1 aromatic carbocycles. The van der Waals surface area contributed by atoms with E-state index in [0.29, 0.717) is 5.02 Å². The van der Waals surface area contributed by atoms with Gasteiger partial charge in [-0.3, -0.25) is 0 Å². The van der Waals surface area contributed by atoms with E-state index in [1.165, 1.54) is 0 Å². The van der Waals surface area contributed by atoms with Crippen LogP contribution in [0.5, 0.6) is 5.75 Å². The smallest absolute Gasteiger partial charge is 0.142 e. The predicted molar refractivity (Wildman–Crippen MR) is 97.8 cm³/mol. The molecule has 1 aliphatic heterocycles. The van der Waals surface area contributed by atoms with Crippen LogP contribution in [0.4, 0.5) is 17.3 Å². The van der Waals surface area contributed by atoms with Crippen LogP contribution < -0.4 is 15.0 Å². The highest BCUT2D eigenvalue weighted by Gasteiger charge is 2.17. The summed E-state index contributed by atoms with van der Waals surface area (Å²) in [5.74, 6) is 3.13. The molecule has 1 aliphatic rings. The lowest BCUT2D eigenvalue weighted by Gasteiger charge is -2.33. The van der Waals surface area contributed by atoms with Gasteiger partial charge in [0.25, 0.3) is 0 Å². The molecule has 0 bridgehead atoms. The topological polar surface area (TPSA) is 53.5 Å². The van der Waals surface area contributed by atoms with E-state index in [-0.39, 0.29) is 0 Å². The Bertz CT molecular complexity index is 716. The number of hydrogen-bond donors (Lipinski definition) is 1. The van der Waals surface area contributed by atoms with E-state index in [0.717, 1.165) is 55.1 Å². The van der Waals surface area contributed by atoms with Crippen LogP contribution in [-0.4, -0.2) is 55.2 Å². The van der Waals surface area contributed by atoms with Crippen molar-refractivity contribution in [2.24, 2.45) is 0 Å². The molecule has 0 amide bonds. The second-order valence-corrected chi connectivity index (χ2v) is 6.35. The maximum atomic E-state index is 6.10. The lowest BCUT2D eigenvalue weighted by atomic mass is 10.3. The minimum atomic E-state index is 0.642. The van der Waals surface area contributed by atoms with Gasteiger partial charge < -0.3 is 19.9 Å². The van der Waals surface area contributed by atoms with E-state index in [1.807, 2.05) is 25.1 Å². The molecular weight excluding hydrogens is 326 g/mol. The molecule has 0 spiro atoms. The van der Waals surface area contributed by atoms with Crippen molar-refractivity contribution in [1.82, 2.24) is 14.9 Å². The van der Waals surface area contributed by atoms with E-state index in [2.05, 4.69) is 32.1 Å². The SMILES string of the molecule is COc1ccc(Cl)cc1Nc1cc(N2CCN(C)CC2)nc(C)n1. The van der Waals surface area contributed by atoms with Crippen LogP contribution in [-0.2, 0) is 0 Å². The van der Waals surface area contributed by atoms with Crippen LogP contribution in [0, 0.1) is 6.92 Å². The molecule has 2 aromatic rings. The van der Waals surface area contributed by atoms with Crippen LogP contribution in [0.2, 0.25) is 5.02 Å². The van der Waals surface area contributed by atoms with Gasteiger partial charge in [0, 0.05) is 37.3 Å². The highest BCUT2D eigenvalue weighted by molar-refractivity contribution is 6.31. The van der Waals surface area contributed by atoms with E-state index >= 15 is 0 Å². The molecular formula is C17H22ClN5O. The summed E-state index contributed by atoms with van der Waals surface area (Å²) in [6.45, 7) is 5.90. The highest BCUT2D eigenvalue weighted by atomic mass is 35.5. The van der Waals surface area contributed by atoms with Gasteiger partial charge in [0.2, 0.25) is 0 Å². The molecule has 1 aromatic heterocycles. The van der Waals surface area contributed by atoms with Gasteiger partial charge >= 0.3 is 0 Å². The Balaban J connectivity index is 1.85. The number of anilines is 3. The summed E-state index contributed by atoms with van der Waals surface area (Å²) in [5.41, 5.74) is 0.785. The Kier molecular flexibility index (Phi) is 5.06. The fourth-order valence-corrected chi connectivity index (χ4v) is 2.90. The third kappa shape index (κ3) is 3.88. The summed E-state index contributed by atoms with van der Waals surface area (Å²) in [7, 11) is 3.77. The molecule has 0 unspecified atom stereocenters. The number of ether oxygens (including phenoxy) is 1. The number of benzene rings is 1. The fraction of sp³-hybridized carbons (Fsp3) is 0.412. The second kappa shape index (κ2) is 7.23. The average molecular weight is 348 g/mol. The molecule has 128 valence electrons. The fourth-order valence-electron chi connectivity index (χ4n) is 2.73. The Morgan fingerprint density at radius 1 is 1.12 bits per heavy atom. The molecule has 1 fully saturated rings. The number of likely N-dealkylation sites (N-methyl/N-ethyl adjacent to an activating group) is 1. The number of hydrogen-bond acceptors (Lipinski definition) is 6. The molecule has 0 atom stereocenters. The number of methoxy groups -OCH3 is 1. The van der Waals surface area contributed by atoms with E-state index < -0.39 is 0 Å². The summed E-state index contributed by atoms with van der Waals surface area (Å²) < 4.78 is 5.38. The number of rotatable bonds is 4. The number of piperazine rings is 1. The lowest BCUT2D eigenvalue weighted by molar-refractivity contribution is 0.312. The van der Waals surface area contributed by atoms with E-state index in [9.17, 15) is 0 Å². The molecule has 24 heavy (non-hydrogen) atoms. The largest absolute Gasteiger partial charge is 0.495 e. The summed E-state index contributed by atoms with van der Waals surface area (Å²) >= 11 is 6.10. The maximum absolute atomic E-state index is 6.10. The molecule has 0 aliphatic carbocycles. The van der Waals surface area contributed by atoms with Gasteiger partial charge in [0.15, 0.2) is 0 Å². The first-order chi connectivity index (χ1) is 11.5. The van der Waals surface area contributed by atoms with Crippen LogP contribution in [0.15, 0.2) is 24.3 Å². The van der Waals surface area contributed by atoms with Gasteiger partial charge in [-0.05, 0) is 32.2 Å². The molecule has 6 nitrogen and oxygen atoms in total. The summed E-state index contributed by atoms with van der Waals surface area (Å²) in [5, 5.41) is 3.94. The predicted octanol–water partition coefficient (Wildman–Crippen LogP) is 2.94. The second-order valence-electron chi connectivity index (χ2n) is 5.92. The number of halogens is 1. The van der Waals surface area contributed by atoms with Crippen molar-refractivity contribution in [3.63, 3.8) is 0 Å². The van der Waals surface area contributed by atoms with E-state index in [4.69, 9.17) is 16.3 Å². The molecule has 1 N–H and O–H groups in total. The normalized spacial score (nSPS) is 15.4. The number of aromatic nitrogens is 2. The Hall–Kier alpha value is -2.05. The number of nitrogens with zero attached hydrogens (tertiary/aromatic N) is 4. The standard InChI is InChI=1S/C17H22ClN5O/c1-12-19-16(21-14-10-13(18)4-5-15(14)24-3)11-17(20-12)23-8-6-22(2)7-9-23/h4-5,10-11H,6-9H2,1-3H3,(H,19,20,21). The zero-order chi connectivity index (χ0) is 17.1. The van der Waals surface area contributed by atoms with Crippen molar-refractivity contribution in [1.29, 1.82) is 0 Å². The van der Waals surface area contributed by atoms with Gasteiger partial charge in [-0.15, -0.1) is 0 Å². The number of aryl methyl sites for hydroxylation is 1. The first-order valence-corrected chi connectivity index (χ1v) is 8.32. The minimum Gasteiger partial charge on any atom is -0.495 e.